The molecule has 0 spiro atoms. The summed E-state index contributed by atoms with van der Waals surface area (Å²) in [5.74, 6) is -0.0306. The van der Waals surface area contributed by atoms with E-state index in [1.165, 1.54) is 12.3 Å². The molecule has 0 saturated carbocycles. The summed E-state index contributed by atoms with van der Waals surface area (Å²) < 4.78 is 0. The molecular formula is C17H21N3O2. The second-order valence-corrected chi connectivity index (χ2v) is 5.48. The van der Waals surface area contributed by atoms with E-state index in [2.05, 4.69) is 29.5 Å². The molecule has 2 rings (SSSR count). The number of carbonyl (C=O) groups is 1. The van der Waals surface area contributed by atoms with E-state index in [4.69, 9.17) is 0 Å². The summed E-state index contributed by atoms with van der Waals surface area (Å²) in [6.45, 7) is 4.61. The Morgan fingerprint density at radius 2 is 1.86 bits per heavy atom. The molecule has 0 aliphatic heterocycles. The van der Waals surface area contributed by atoms with Crippen LogP contribution in [0.1, 0.15) is 24.2 Å². The summed E-state index contributed by atoms with van der Waals surface area (Å²) >= 11 is 0. The van der Waals surface area contributed by atoms with Crippen LogP contribution in [0.3, 0.4) is 0 Å². The van der Waals surface area contributed by atoms with E-state index in [0.717, 1.165) is 5.69 Å². The van der Waals surface area contributed by atoms with Crippen molar-refractivity contribution in [1.82, 2.24) is 10.3 Å². The van der Waals surface area contributed by atoms with Gasteiger partial charge in [-0.15, -0.1) is 0 Å². The van der Waals surface area contributed by atoms with Crippen LogP contribution in [0.25, 0.3) is 0 Å². The highest BCUT2D eigenvalue weighted by atomic mass is 16.2. The van der Waals surface area contributed by atoms with Crippen molar-refractivity contribution < 1.29 is 4.79 Å². The fraction of sp³-hybridized carbons (Fsp3) is 0.294. The van der Waals surface area contributed by atoms with E-state index in [1.807, 2.05) is 30.3 Å². The summed E-state index contributed by atoms with van der Waals surface area (Å²) in [5, 5.41) is 6.22. The molecule has 1 unspecified atom stereocenters. The van der Waals surface area contributed by atoms with Crippen molar-refractivity contribution in [3.05, 3.63) is 64.6 Å². The second kappa shape index (κ2) is 7.45. The fourth-order valence-corrected chi connectivity index (χ4v) is 2.10. The van der Waals surface area contributed by atoms with Crippen LogP contribution < -0.4 is 16.2 Å². The lowest BCUT2D eigenvalue weighted by Gasteiger charge is -2.24. The Kier molecular flexibility index (Phi) is 5.36. The predicted molar refractivity (Wildman–Crippen MR) is 88.1 cm³/mol. The number of benzene rings is 1. The van der Waals surface area contributed by atoms with Crippen LogP contribution in [0.5, 0.6) is 0 Å². The van der Waals surface area contributed by atoms with Crippen LogP contribution in [-0.2, 0) is 0 Å². The van der Waals surface area contributed by atoms with Crippen LogP contribution >= 0.6 is 0 Å². The molecule has 116 valence electrons. The average molecular weight is 299 g/mol. The summed E-state index contributed by atoms with van der Waals surface area (Å²) in [5.41, 5.74) is 0.759. The maximum absolute atomic E-state index is 12.1. The normalized spacial score (nSPS) is 12.0. The maximum atomic E-state index is 12.1. The first-order valence-corrected chi connectivity index (χ1v) is 7.35. The lowest BCUT2D eigenvalue weighted by molar-refractivity contribution is 0.0949. The van der Waals surface area contributed by atoms with Crippen molar-refractivity contribution >= 4 is 11.6 Å². The number of aromatic amines is 1. The zero-order valence-electron chi connectivity index (χ0n) is 12.8. The van der Waals surface area contributed by atoms with Crippen molar-refractivity contribution in [2.75, 3.05) is 11.9 Å². The van der Waals surface area contributed by atoms with E-state index >= 15 is 0 Å². The van der Waals surface area contributed by atoms with Gasteiger partial charge < -0.3 is 15.6 Å². The minimum Gasteiger partial charge on any atom is -0.380 e. The quantitative estimate of drug-likeness (QED) is 0.766. The smallest absolute Gasteiger partial charge is 0.260 e. The first-order chi connectivity index (χ1) is 10.6. The van der Waals surface area contributed by atoms with Gasteiger partial charge >= 0.3 is 0 Å². The zero-order chi connectivity index (χ0) is 15.9. The molecule has 0 saturated heterocycles. The van der Waals surface area contributed by atoms with E-state index < -0.39 is 0 Å². The number of hydrogen-bond acceptors (Lipinski definition) is 3. The number of anilines is 1. The number of H-pyrrole nitrogens is 1. The van der Waals surface area contributed by atoms with Crippen LogP contribution in [0.2, 0.25) is 0 Å². The fourth-order valence-electron chi connectivity index (χ4n) is 2.10. The van der Waals surface area contributed by atoms with Gasteiger partial charge in [0, 0.05) is 24.5 Å². The number of rotatable bonds is 6. The molecule has 0 fully saturated rings. The Labute approximate surface area is 129 Å². The Hall–Kier alpha value is -2.56. The molecule has 0 radical (unpaired) electrons. The maximum Gasteiger partial charge on any atom is 0.260 e. The summed E-state index contributed by atoms with van der Waals surface area (Å²) in [4.78, 5) is 26.2. The second-order valence-electron chi connectivity index (χ2n) is 5.48. The third-order valence-corrected chi connectivity index (χ3v) is 3.48. The zero-order valence-corrected chi connectivity index (χ0v) is 12.8. The highest BCUT2D eigenvalue weighted by molar-refractivity contribution is 5.93. The van der Waals surface area contributed by atoms with Crippen LogP contribution in [0.15, 0.2) is 53.5 Å². The first kappa shape index (κ1) is 15.8. The topological polar surface area (TPSA) is 74.0 Å². The van der Waals surface area contributed by atoms with Crippen LogP contribution in [-0.4, -0.2) is 23.5 Å². The number of nitrogens with one attached hydrogen (secondary N) is 3. The summed E-state index contributed by atoms with van der Waals surface area (Å²) in [6, 6.07) is 13.1. The average Bonchev–Trinajstić information content (AvgIpc) is 2.52. The molecular weight excluding hydrogens is 278 g/mol. The molecule has 0 aliphatic carbocycles. The van der Waals surface area contributed by atoms with Gasteiger partial charge in [0.1, 0.15) is 5.56 Å². The number of para-hydroxylation sites is 1. The predicted octanol–water partition coefficient (Wildman–Crippen LogP) is 2.24. The van der Waals surface area contributed by atoms with Gasteiger partial charge in [-0.3, -0.25) is 9.59 Å². The Morgan fingerprint density at radius 3 is 2.50 bits per heavy atom. The number of amides is 1. The third-order valence-electron chi connectivity index (χ3n) is 3.48. The van der Waals surface area contributed by atoms with Gasteiger partial charge in [0.25, 0.3) is 11.5 Å². The van der Waals surface area contributed by atoms with Gasteiger partial charge in [0.15, 0.2) is 0 Å². The van der Waals surface area contributed by atoms with Gasteiger partial charge in [-0.05, 0) is 30.2 Å². The van der Waals surface area contributed by atoms with Crippen molar-refractivity contribution in [1.29, 1.82) is 0 Å². The molecule has 5 nitrogen and oxygen atoms in total. The number of hydrogen-bond donors (Lipinski definition) is 3. The monoisotopic (exact) mass is 299 g/mol. The van der Waals surface area contributed by atoms with Crippen molar-refractivity contribution in [3.8, 4) is 0 Å². The highest BCUT2D eigenvalue weighted by Crippen LogP contribution is 2.11. The Bertz CT molecular complexity index is 665. The van der Waals surface area contributed by atoms with Crippen molar-refractivity contribution in [2.45, 2.75) is 19.9 Å². The van der Waals surface area contributed by atoms with Gasteiger partial charge in [-0.2, -0.15) is 0 Å². The highest BCUT2D eigenvalue weighted by Gasteiger charge is 2.16. The van der Waals surface area contributed by atoms with E-state index in [9.17, 15) is 9.59 Å². The van der Waals surface area contributed by atoms with Gasteiger partial charge in [-0.25, -0.2) is 0 Å². The van der Waals surface area contributed by atoms with Crippen LogP contribution in [0.4, 0.5) is 5.69 Å². The molecule has 0 aliphatic rings. The third kappa shape index (κ3) is 4.22. The standard InChI is InChI=1S/C17H21N3O2/c1-12(2)15(20-13-7-4-3-5-8-13)11-19-17(22)14-9-6-10-18-16(14)21/h3-10,12,15,20H,11H2,1-2H3,(H,18,21)(H,19,22). The van der Waals surface area contributed by atoms with Crippen LogP contribution in [0, 0.1) is 5.92 Å². The molecule has 3 N–H and O–H groups in total. The van der Waals surface area contributed by atoms with Gasteiger partial charge in [0.2, 0.25) is 0 Å². The van der Waals surface area contributed by atoms with E-state index in [-0.39, 0.29) is 23.1 Å². The Balaban J connectivity index is 1.99. The molecule has 2 aromatic rings. The molecule has 1 aromatic heterocycles. The molecule has 0 bridgehead atoms. The van der Waals surface area contributed by atoms with Gasteiger partial charge in [0.05, 0.1) is 0 Å². The molecule has 1 atom stereocenters. The summed E-state index contributed by atoms with van der Waals surface area (Å²) in [6.07, 6.45) is 1.51. The van der Waals surface area contributed by atoms with Crippen molar-refractivity contribution in [3.63, 3.8) is 0 Å². The molecule has 1 amide bonds. The van der Waals surface area contributed by atoms with E-state index in [0.29, 0.717) is 12.5 Å². The van der Waals surface area contributed by atoms with Crippen molar-refractivity contribution in [2.24, 2.45) is 5.92 Å². The lowest BCUT2D eigenvalue weighted by atomic mass is 10.0. The minimum atomic E-state index is -0.378. The largest absolute Gasteiger partial charge is 0.380 e. The minimum absolute atomic E-state index is 0.0779. The lowest BCUT2D eigenvalue weighted by Crippen LogP contribution is -2.40. The molecule has 22 heavy (non-hydrogen) atoms. The Morgan fingerprint density at radius 1 is 1.14 bits per heavy atom. The summed E-state index contributed by atoms with van der Waals surface area (Å²) in [7, 11) is 0. The molecule has 5 heteroatoms. The number of pyridine rings is 1. The van der Waals surface area contributed by atoms with Gasteiger partial charge in [-0.1, -0.05) is 32.0 Å². The molecule has 1 aromatic carbocycles. The number of carbonyl (C=O) groups excluding carboxylic acids is 1. The first-order valence-electron chi connectivity index (χ1n) is 7.35. The molecule has 1 heterocycles. The SMILES string of the molecule is CC(C)C(CNC(=O)c1ccc[nH]c1=O)Nc1ccccc1. The number of aromatic nitrogens is 1. The van der Waals surface area contributed by atoms with E-state index in [1.54, 1.807) is 6.07 Å².